The van der Waals surface area contributed by atoms with E-state index in [1.807, 2.05) is 18.7 Å². The van der Waals surface area contributed by atoms with Crippen LogP contribution in [0.4, 0.5) is 13.2 Å². The number of alkyl halides is 3. The molecule has 1 heterocycles. The number of nitrogens with zero attached hydrogens (tertiary/aromatic N) is 2. The van der Waals surface area contributed by atoms with E-state index in [-0.39, 0.29) is 36.5 Å². The molecule has 1 N–H and O–H groups in total. The molecule has 7 nitrogen and oxygen atoms in total. The molecule has 0 radical (unpaired) electrons. The number of carbonyl (C=O) groups is 1. The second-order valence-electron chi connectivity index (χ2n) is 6.96. The first-order valence-electron chi connectivity index (χ1n) is 9.39. The normalized spacial score (nSPS) is 17.7. The molecule has 29 heavy (non-hydrogen) atoms. The van der Waals surface area contributed by atoms with E-state index in [1.54, 1.807) is 0 Å². The molecule has 1 aromatic carbocycles. The van der Waals surface area contributed by atoms with Crippen LogP contribution >= 0.6 is 0 Å². The Morgan fingerprint density at radius 2 is 1.76 bits per heavy atom. The molecule has 1 atom stereocenters. The minimum absolute atomic E-state index is 0.0949. The van der Waals surface area contributed by atoms with Crippen LogP contribution in [0.15, 0.2) is 29.2 Å². The van der Waals surface area contributed by atoms with E-state index >= 15 is 0 Å². The Labute approximate surface area is 168 Å². The second-order valence-corrected chi connectivity index (χ2v) is 8.89. The summed E-state index contributed by atoms with van der Waals surface area (Å²) < 4.78 is 67.1. The van der Waals surface area contributed by atoms with Crippen molar-refractivity contribution in [2.24, 2.45) is 0 Å². The average Bonchev–Trinajstić information content (AvgIpc) is 2.61. The van der Waals surface area contributed by atoms with Gasteiger partial charge in [0.25, 0.3) is 0 Å². The topological polar surface area (TPSA) is 79.0 Å². The summed E-state index contributed by atoms with van der Waals surface area (Å²) in [5, 5.41) is 2.91. The Balaban J connectivity index is 1.90. The van der Waals surface area contributed by atoms with Gasteiger partial charge in [-0.25, -0.2) is 8.42 Å². The molecule has 0 aromatic heterocycles. The van der Waals surface area contributed by atoms with Crippen LogP contribution in [0.3, 0.4) is 0 Å². The van der Waals surface area contributed by atoms with Gasteiger partial charge in [-0.3, -0.25) is 9.69 Å². The van der Waals surface area contributed by atoms with Crippen LogP contribution in [-0.4, -0.2) is 68.7 Å². The molecule has 0 saturated carbocycles. The van der Waals surface area contributed by atoms with Gasteiger partial charge in [0.2, 0.25) is 15.9 Å². The van der Waals surface area contributed by atoms with Crippen molar-refractivity contribution in [3.8, 4) is 5.75 Å². The lowest BCUT2D eigenvalue weighted by molar-refractivity contribution is -0.274. The molecule has 0 spiro atoms. The standard InChI is InChI=1S/C18H26F3N3O4S/c1-3-4-14(2)22-17(25)13-23-9-11-24(12-10-23)29(26,27)16-7-5-15(6-8-16)28-18(19,20)21/h5-8,14H,3-4,9-13H2,1-2H3,(H,22,25). The predicted octanol–water partition coefficient (Wildman–Crippen LogP) is 2.20. The van der Waals surface area contributed by atoms with E-state index in [1.165, 1.54) is 4.31 Å². The van der Waals surface area contributed by atoms with Crippen molar-refractivity contribution < 1.29 is 31.1 Å². The van der Waals surface area contributed by atoms with Crippen LogP contribution in [0, 0.1) is 0 Å². The number of sulfonamides is 1. The Bertz CT molecular complexity index is 777. The SMILES string of the molecule is CCCC(C)NC(=O)CN1CCN(S(=O)(=O)c2ccc(OC(F)(F)F)cc2)CC1. The minimum Gasteiger partial charge on any atom is -0.406 e. The molecule has 1 saturated heterocycles. The highest BCUT2D eigenvalue weighted by atomic mass is 32.2. The van der Waals surface area contributed by atoms with E-state index in [9.17, 15) is 26.4 Å². The fourth-order valence-electron chi connectivity index (χ4n) is 3.12. The van der Waals surface area contributed by atoms with E-state index in [2.05, 4.69) is 10.1 Å². The summed E-state index contributed by atoms with van der Waals surface area (Å²) in [6.07, 6.45) is -2.97. The number of hydrogen-bond donors (Lipinski definition) is 1. The zero-order valence-electron chi connectivity index (χ0n) is 16.4. The maximum atomic E-state index is 12.7. The van der Waals surface area contributed by atoms with Gasteiger partial charge in [0.15, 0.2) is 0 Å². The van der Waals surface area contributed by atoms with Crippen molar-refractivity contribution in [2.45, 2.75) is 44.0 Å². The molecule has 1 amide bonds. The molecule has 1 aliphatic rings. The Hall–Kier alpha value is -1.85. The molecular weight excluding hydrogens is 411 g/mol. The molecule has 1 unspecified atom stereocenters. The summed E-state index contributed by atoms with van der Waals surface area (Å²) in [7, 11) is -3.83. The molecule has 11 heteroatoms. The summed E-state index contributed by atoms with van der Waals surface area (Å²) in [5.74, 6) is -0.577. The van der Waals surface area contributed by atoms with Gasteiger partial charge in [-0.15, -0.1) is 13.2 Å². The fraction of sp³-hybridized carbons (Fsp3) is 0.611. The third-order valence-electron chi connectivity index (χ3n) is 4.52. The number of piperazine rings is 1. The van der Waals surface area contributed by atoms with Crippen molar-refractivity contribution in [3.63, 3.8) is 0 Å². The number of amides is 1. The quantitative estimate of drug-likeness (QED) is 0.675. The van der Waals surface area contributed by atoms with Gasteiger partial charge in [-0.2, -0.15) is 4.31 Å². The Morgan fingerprint density at radius 1 is 1.17 bits per heavy atom. The number of hydrogen-bond acceptors (Lipinski definition) is 5. The third kappa shape index (κ3) is 7.16. The molecule has 164 valence electrons. The van der Waals surface area contributed by atoms with Crippen LogP contribution in [0.2, 0.25) is 0 Å². The van der Waals surface area contributed by atoms with Crippen molar-refractivity contribution >= 4 is 15.9 Å². The first-order chi connectivity index (χ1) is 13.5. The van der Waals surface area contributed by atoms with Crippen molar-refractivity contribution in [1.82, 2.24) is 14.5 Å². The van der Waals surface area contributed by atoms with E-state index in [0.717, 1.165) is 37.1 Å². The number of ether oxygens (including phenoxy) is 1. The molecule has 1 aromatic rings. The molecule has 0 bridgehead atoms. The number of nitrogens with one attached hydrogen (secondary N) is 1. The van der Waals surface area contributed by atoms with Crippen LogP contribution in [0.25, 0.3) is 0 Å². The van der Waals surface area contributed by atoms with Crippen molar-refractivity contribution in [1.29, 1.82) is 0 Å². The highest BCUT2D eigenvalue weighted by Crippen LogP contribution is 2.25. The predicted molar refractivity (Wildman–Crippen MR) is 101 cm³/mol. The Kier molecular flexibility index (Phi) is 7.89. The van der Waals surface area contributed by atoms with E-state index in [4.69, 9.17) is 0 Å². The first-order valence-corrected chi connectivity index (χ1v) is 10.8. The molecular formula is C18H26F3N3O4S. The van der Waals surface area contributed by atoms with Gasteiger partial charge in [0, 0.05) is 32.2 Å². The summed E-state index contributed by atoms with van der Waals surface area (Å²) in [6, 6.07) is 4.21. The number of carbonyl (C=O) groups excluding carboxylic acids is 1. The molecule has 1 fully saturated rings. The fourth-order valence-corrected chi connectivity index (χ4v) is 4.54. The minimum atomic E-state index is -4.84. The largest absolute Gasteiger partial charge is 0.573 e. The lowest BCUT2D eigenvalue weighted by Gasteiger charge is -2.33. The smallest absolute Gasteiger partial charge is 0.406 e. The van der Waals surface area contributed by atoms with E-state index < -0.39 is 22.1 Å². The van der Waals surface area contributed by atoms with Crippen LogP contribution < -0.4 is 10.1 Å². The monoisotopic (exact) mass is 437 g/mol. The zero-order chi connectivity index (χ0) is 21.7. The number of rotatable bonds is 8. The maximum Gasteiger partial charge on any atom is 0.573 e. The highest BCUT2D eigenvalue weighted by molar-refractivity contribution is 7.89. The van der Waals surface area contributed by atoms with Gasteiger partial charge >= 0.3 is 6.36 Å². The zero-order valence-corrected chi connectivity index (χ0v) is 17.2. The summed E-state index contributed by atoms with van der Waals surface area (Å²) >= 11 is 0. The van der Waals surface area contributed by atoms with Crippen LogP contribution in [0.1, 0.15) is 26.7 Å². The third-order valence-corrected chi connectivity index (χ3v) is 6.44. The van der Waals surface area contributed by atoms with Crippen molar-refractivity contribution in [3.05, 3.63) is 24.3 Å². The lowest BCUT2D eigenvalue weighted by Crippen LogP contribution is -2.51. The second kappa shape index (κ2) is 9.77. The maximum absolute atomic E-state index is 12.7. The average molecular weight is 437 g/mol. The summed E-state index contributed by atoms with van der Waals surface area (Å²) in [4.78, 5) is 13.8. The molecule has 2 rings (SSSR count). The van der Waals surface area contributed by atoms with E-state index in [0.29, 0.717) is 13.1 Å². The lowest BCUT2D eigenvalue weighted by atomic mass is 10.2. The van der Waals surface area contributed by atoms with Gasteiger partial charge < -0.3 is 10.1 Å². The number of benzene rings is 1. The number of halogens is 3. The van der Waals surface area contributed by atoms with Gasteiger partial charge in [-0.1, -0.05) is 13.3 Å². The molecule has 1 aliphatic heterocycles. The van der Waals surface area contributed by atoms with Gasteiger partial charge in [0.1, 0.15) is 5.75 Å². The summed E-state index contributed by atoms with van der Waals surface area (Å²) in [6.45, 7) is 5.36. The summed E-state index contributed by atoms with van der Waals surface area (Å²) in [5.41, 5.74) is 0. The van der Waals surface area contributed by atoms with Gasteiger partial charge in [-0.05, 0) is 37.6 Å². The van der Waals surface area contributed by atoms with Gasteiger partial charge in [0.05, 0.1) is 11.4 Å². The highest BCUT2D eigenvalue weighted by Gasteiger charge is 2.32. The van der Waals surface area contributed by atoms with Crippen LogP contribution in [-0.2, 0) is 14.8 Å². The van der Waals surface area contributed by atoms with Crippen molar-refractivity contribution in [2.75, 3.05) is 32.7 Å². The van der Waals surface area contributed by atoms with Crippen LogP contribution in [0.5, 0.6) is 5.75 Å². The molecule has 0 aliphatic carbocycles. The Morgan fingerprint density at radius 3 is 2.28 bits per heavy atom. The first kappa shape index (κ1) is 23.4.